The van der Waals surface area contributed by atoms with Gasteiger partial charge in [0.2, 0.25) is 0 Å². The highest BCUT2D eigenvalue weighted by Crippen LogP contribution is 2.56. The number of carboxylic acid groups (broad SMARTS) is 1. The molecule has 1 aliphatic carbocycles. The van der Waals surface area contributed by atoms with Gasteiger partial charge in [0.05, 0.1) is 13.0 Å². The van der Waals surface area contributed by atoms with Gasteiger partial charge in [-0.2, -0.15) is 0 Å². The minimum atomic E-state index is -0.861. The number of hydrogen-bond acceptors (Lipinski definition) is 5. The van der Waals surface area contributed by atoms with E-state index in [2.05, 4.69) is 74.5 Å². The minimum absolute atomic E-state index is 0.0207. The molecule has 4 aromatic rings. The summed E-state index contributed by atoms with van der Waals surface area (Å²) in [5, 5.41) is 9.00. The Hall–Kier alpha value is -4.58. The van der Waals surface area contributed by atoms with E-state index < -0.39 is 5.97 Å². The lowest BCUT2D eigenvalue weighted by Crippen LogP contribution is -2.25. The number of carbonyl (C=O) groups is 2. The van der Waals surface area contributed by atoms with Crippen molar-refractivity contribution in [1.29, 1.82) is 0 Å². The van der Waals surface area contributed by atoms with Crippen molar-refractivity contribution >= 4 is 12.4 Å². The lowest BCUT2D eigenvalue weighted by Gasteiger charge is -2.33. The van der Waals surface area contributed by atoms with Crippen LogP contribution in [0, 0.1) is 0 Å². The molecule has 0 aliphatic heterocycles. The van der Waals surface area contributed by atoms with Crippen LogP contribution in [-0.2, 0) is 19.7 Å². The van der Waals surface area contributed by atoms with E-state index in [-0.39, 0.29) is 25.0 Å². The number of rotatable bonds is 25. The van der Waals surface area contributed by atoms with Crippen molar-refractivity contribution in [3.63, 3.8) is 0 Å². The topological polar surface area (TPSA) is 82.1 Å². The van der Waals surface area contributed by atoms with Crippen molar-refractivity contribution < 1.29 is 28.9 Å². The summed E-state index contributed by atoms with van der Waals surface area (Å²) in [6, 6.07) is 30.4. The van der Waals surface area contributed by atoms with Crippen LogP contribution in [0.25, 0.3) is 33.4 Å². The maximum Gasteiger partial charge on any atom is 0.306 e. The zero-order valence-corrected chi connectivity index (χ0v) is 31.9. The molecule has 282 valence electrons. The van der Waals surface area contributed by atoms with Crippen molar-refractivity contribution in [2.75, 3.05) is 19.8 Å². The van der Waals surface area contributed by atoms with E-state index in [1.165, 1.54) is 110 Å². The van der Waals surface area contributed by atoms with Crippen LogP contribution in [0.5, 0.6) is 11.5 Å². The number of aliphatic carboxylic acids is 1. The molecule has 0 fully saturated rings. The summed E-state index contributed by atoms with van der Waals surface area (Å²) in [4.78, 5) is 21.4. The Morgan fingerprint density at radius 3 is 1.45 bits per heavy atom. The van der Waals surface area contributed by atoms with E-state index >= 15 is 0 Å². The Balaban J connectivity index is 1.49. The van der Waals surface area contributed by atoms with Gasteiger partial charge in [0.1, 0.15) is 24.7 Å². The SMILES string of the molecule is CCCCCCCCC1(CCCCCCCC)c2cc(-c3ccc(OCCOC=O)cc3)ccc2-c2ccc(-c3ccc(OCCC(=O)O)cc3)cc21. The first-order valence-corrected chi connectivity index (χ1v) is 20.0. The van der Waals surface area contributed by atoms with Gasteiger partial charge in [-0.15, -0.1) is 0 Å². The average molecular weight is 719 g/mol. The second-order valence-electron chi connectivity index (χ2n) is 14.5. The molecular formula is C47H58O6. The van der Waals surface area contributed by atoms with Crippen LogP contribution in [0.4, 0.5) is 0 Å². The lowest BCUT2D eigenvalue weighted by atomic mass is 9.70. The molecule has 0 heterocycles. The summed E-state index contributed by atoms with van der Waals surface area (Å²) < 4.78 is 16.2. The predicted molar refractivity (Wildman–Crippen MR) is 215 cm³/mol. The molecule has 53 heavy (non-hydrogen) atoms. The molecule has 0 atom stereocenters. The summed E-state index contributed by atoms with van der Waals surface area (Å²) in [6.45, 7) is 5.71. The highest BCUT2D eigenvalue weighted by molar-refractivity contribution is 5.86. The molecule has 0 radical (unpaired) electrons. The first kappa shape index (κ1) is 39.6. The van der Waals surface area contributed by atoms with E-state index in [1.807, 2.05) is 24.3 Å². The van der Waals surface area contributed by atoms with Crippen LogP contribution < -0.4 is 9.47 Å². The Kier molecular flexibility index (Phi) is 15.4. The maximum atomic E-state index is 11.0. The number of benzene rings is 4. The minimum Gasteiger partial charge on any atom is -0.493 e. The number of hydrogen-bond donors (Lipinski definition) is 1. The molecule has 0 aromatic heterocycles. The maximum absolute atomic E-state index is 11.0. The van der Waals surface area contributed by atoms with Crippen LogP contribution in [0.3, 0.4) is 0 Å². The summed E-state index contributed by atoms with van der Waals surface area (Å²) in [5.41, 5.74) is 10.2. The standard InChI is InChI=1S/C47H58O6/c1-3-5-7-9-11-13-28-47(29-14-12-10-8-6-4-2)44-33-38(36-15-21-40(22-16-36)52-30-27-46(49)50)19-25-42(44)43-26-20-39(34-45(43)47)37-17-23-41(24-18-37)53-32-31-51-35-48/h15-26,33-35H,3-14,27-32H2,1-2H3,(H,49,50). The molecule has 0 saturated heterocycles. The second-order valence-corrected chi connectivity index (χ2v) is 14.5. The van der Waals surface area contributed by atoms with Crippen LogP contribution in [-0.4, -0.2) is 37.4 Å². The number of ether oxygens (including phenoxy) is 3. The fourth-order valence-electron chi connectivity index (χ4n) is 7.93. The molecule has 0 spiro atoms. The summed E-state index contributed by atoms with van der Waals surface area (Å²) >= 11 is 0. The van der Waals surface area contributed by atoms with Crippen LogP contribution in [0.15, 0.2) is 84.9 Å². The van der Waals surface area contributed by atoms with Crippen molar-refractivity contribution in [1.82, 2.24) is 0 Å². The van der Waals surface area contributed by atoms with Gasteiger partial charge in [-0.05, 0) is 93.7 Å². The monoisotopic (exact) mass is 718 g/mol. The molecule has 1 aliphatic rings. The molecule has 4 aromatic carbocycles. The number of unbranched alkanes of at least 4 members (excludes halogenated alkanes) is 10. The van der Waals surface area contributed by atoms with Crippen LogP contribution >= 0.6 is 0 Å². The van der Waals surface area contributed by atoms with Gasteiger partial charge in [-0.1, -0.05) is 139 Å². The van der Waals surface area contributed by atoms with Crippen molar-refractivity contribution in [3.8, 4) is 44.9 Å². The number of carbonyl (C=O) groups excluding carboxylic acids is 1. The van der Waals surface area contributed by atoms with Crippen LogP contribution in [0.1, 0.15) is 121 Å². The zero-order valence-electron chi connectivity index (χ0n) is 31.9. The molecule has 0 unspecified atom stereocenters. The van der Waals surface area contributed by atoms with Crippen molar-refractivity contribution in [3.05, 3.63) is 96.1 Å². The third-order valence-electron chi connectivity index (χ3n) is 10.8. The van der Waals surface area contributed by atoms with Gasteiger partial charge in [0.25, 0.3) is 6.47 Å². The molecule has 0 saturated carbocycles. The van der Waals surface area contributed by atoms with Gasteiger partial charge in [0, 0.05) is 5.41 Å². The Bertz CT molecular complexity index is 1710. The average Bonchev–Trinajstić information content (AvgIpc) is 3.44. The Labute approximate surface area is 316 Å². The molecule has 5 rings (SSSR count). The van der Waals surface area contributed by atoms with E-state index in [0.29, 0.717) is 18.8 Å². The van der Waals surface area contributed by atoms with E-state index in [1.54, 1.807) is 0 Å². The largest absolute Gasteiger partial charge is 0.493 e. The highest BCUT2D eigenvalue weighted by Gasteiger charge is 2.42. The number of fused-ring (bicyclic) bond motifs is 3. The van der Waals surface area contributed by atoms with Gasteiger partial charge in [-0.25, -0.2) is 0 Å². The third kappa shape index (κ3) is 10.7. The van der Waals surface area contributed by atoms with Gasteiger partial charge >= 0.3 is 5.97 Å². The molecule has 6 heteroatoms. The van der Waals surface area contributed by atoms with Gasteiger partial charge in [0.15, 0.2) is 0 Å². The van der Waals surface area contributed by atoms with Crippen molar-refractivity contribution in [2.45, 2.75) is 116 Å². The number of carboxylic acids is 1. The zero-order chi connectivity index (χ0) is 37.3. The normalized spacial score (nSPS) is 12.6. The molecule has 0 bridgehead atoms. The highest BCUT2D eigenvalue weighted by atomic mass is 16.5. The molecule has 6 nitrogen and oxygen atoms in total. The van der Waals surface area contributed by atoms with Gasteiger partial charge < -0.3 is 19.3 Å². The Morgan fingerprint density at radius 2 is 1.00 bits per heavy atom. The predicted octanol–water partition coefficient (Wildman–Crippen LogP) is 12.2. The smallest absolute Gasteiger partial charge is 0.306 e. The van der Waals surface area contributed by atoms with E-state index in [0.717, 1.165) is 29.7 Å². The third-order valence-corrected chi connectivity index (χ3v) is 10.8. The second kappa shape index (κ2) is 20.6. The first-order valence-electron chi connectivity index (χ1n) is 20.0. The Morgan fingerprint density at radius 1 is 0.566 bits per heavy atom. The quantitative estimate of drug-likeness (QED) is 0.0543. The van der Waals surface area contributed by atoms with Crippen molar-refractivity contribution in [2.24, 2.45) is 0 Å². The summed E-state index contributed by atoms with van der Waals surface area (Å²) in [7, 11) is 0. The van der Waals surface area contributed by atoms with Crippen LogP contribution in [0.2, 0.25) is 0 Å². The van der Waals surface area contributed by atoms with Gasteiger partial charge in [-0.3, -0.25) is 9.59 Å². The molecule has 0 amide bonds. The van der Waals surface area contributed by atoms with E-state index in [4.69, 9.17) is 19.3 Å². The summed E-state index contributed by atoms with van der Waals surface area (Å²) in [6.07, 6.45) is 17.5. The fourth-order valence-corrected chi connectivity index (χ4v) is 7.93. The lowest BCUT2D eigenvalue weighted by molar-refractivity contribution is -0.137. The molecular weight excluding hydrogens is 661 g/mol. The first-order chi connectivity index (χ1) is 26.0. The fraction of sp³-hybridized carbons (Fsp3) is 0.447. The molecule has 1 N–H and O–H groups in total. The van der Waals surface area contributed by atoms with E-state index in [9.17, 15) is 9.59 Å². The summed E-state index contributed by atoms with van der Waals surface area (Å²) in [5.74, 6) is 0.577.